The highest BCUT2D eigenvalue weighted by Crippen LogP contribution is 2.50. The first-order chi connectivity index (χ1) is 17.2. The van der Waals surface area contributed by atoms with Gasteiger partial charge in [-0.15, -0.1) is 0 Å². The van der Waals surface area contributed by atoms with Crippen molar-refractivity contribution in [2.75, 3.05) is 18.5 Å². The van der Waals surface area contributed by atoms with Crippen LogP contribution in [0.25, 0.3) is 17.0 Å². The molecule has 6 rings (SSSR count). The highest BCUT2D eigenvalue weighted by atomic mass is 19.1. The molecule has 0 bridgehead atoms. The van der Waals surface area contributed by atoms with Gasteiger partial charge < -0.3 is 15.1 Å². The zero-order valence-electron chi connectivity index (χ0n) is 20.9. The number of halogens is 1. The smallest absolute Gasteiger partial charge is 0.323 e. The Balaban J connectivity index is 1.42. The summed E-state index contributed by atoms with van der Waals surface area (Å²) in [5, 5.41) is 7.18. The molecule has 1 spiro atoms. The number of nitrogens with one attached hydrogen (secondary N) is 2. The molecule has 1 saturated carbocycles. The summed E-state index contributed by atoms with van der Waals surface area (Å²) < 4.78 is 22.4. The maximum atomic E-state index is 13.6. The van der Waals surface area contributed by atoms with Gasteiger partial charge in [0.15, 0.2) is 5.65 Å². The van der Waals surface area contributed by atoms with Gasteiger partial charge in [0.05, 0.1) is 5.69 Å². The highest BCUT2D eigenvalue weighted by Gasteiger charge is 2.46. The van der Waals surface area contributed by atoms with Crippen LogP contribution >= 0.6 is 0 Å². The average Bonchev–Trinajstić information content (AvgIpc) is 3.32. The lowest BCUT2D eigenvalue weighted by molar-refractivity contribution is 0.343. The van der Waals surface area contributed by atoms with Crippen LogP contribution in [0.4, 0.5) is 16.0 Å². The third-order valence-corrected chi connectivity index (χ3v) is 7.38. The van der Waals surface area contributed by atoms with Crippen molar-refractivity contribution in [3.05, 3.63) is 57.8 Å². The van der Waals surface area contributed by atoms with E-state index in [0.717, 1.165) is 18.8 Å². The van der Waals surface area contributed by atoms with E-state index in [4.69, 9.17) is 4.42 Å². The molecule has 9 nitrogen and oxygen atoms in total. The molecule has 0 unspecified atom stereocenters. The van der Waals surface area contributed by atoms with Gasteiger partial charge in [0.1, 0.15) is 18.3 Å². The van der Waals surface area contributed by atoms with E-state index in [1.54, 1.807) is 18.5 Å². The van der Waals surface area contributed by atoms with E-state index >= 15 is 0 Å². The Bertz CT molecular complexity index is 1530. The summed E-state index contributed by atoms with van der Waals surface area (Å²) in [4.78, 5) is 26.8. The first kappa shape index (κ1) is 22.9. The summed E-state index contributed by atoms with van der Waals surface area (Å²) in [6, 6.07) is 6.36. The van der Waals surface area contributed by atoms with E-state index in [1.165, 1.54) is 41.1 Å². The van der Waals surface area contributed by atoms with Gasteiger partial charge in [-0.3, -0.25) is 9.18 Å². The van der Waals surface area contributed by atoms with Gasteiger partial charge in [-0.2, -0.15) is 14.6 Å². The summed E-state index contributed by atoms with van der Waals surface area (Å²) in [7, 11) is 0. The van der Waals surface area contributed by atoms with Crippen LogP contribution < -0.4 is 16.2 Å². The lowest BCUT2D eigenvalue weighted by Crippen LogP contribution is -2.33. The van der Waals surface area contributed by atoms with E-state index in [9.17, 15) is 9.18 Å². The number of anilines is 2. The van der Waals surface area contributed by atoms with Crippen LogP contribution in [0.2, 0.25) is 0 Å². The number of rotatable bonds is 6. The fraction of sp³-hybridized carbons (Fsp3) is 0.462. The number of hydrogen-bond acceptors (Lipinski definition) is 7. The van der Waals surface area contributed by atoms with Crippen molar-refractivity contribution >= 4 is 22.7 Å². The fourth-order valence-corrected chi connectivity index (χ4v) is 5.04. The molecule has 1 fully saturated rings. The topological polar surface area (TPSA) is 103 Å². The van der Waals surface area contributed by atoms with Crippen molar-refractivity contribution < 1.29 is 8.81 Å². The number of hydrogen-bond donors (Lipinski definition) is 2. The summed E-state index contributed by atoms with van der Waals surface area (Å²) in [6.07, 6.45) is 5.42. The minimum Gasteiger partial charge on any atom is -0.430 e. The summed E-state index contributed by atoms with van der Waals surface area (Å²) >= 11 is 0. The van der Waals surface area contributed by atoms with Crippen LogP contribution in [-0.4, -0.2) is 37.5 Å². The normalized spacial score (nSPS) is 16.6. The average molecular weight is 492 g/mol. The quantitative estimate of drug-likeness (QED) is 0.415. The molecule has 10 heteroatoms. The fourth-order valence-electron chi connectivity index (χ4n) is 5.04. The molecular formula is C26H30FN7O2. The van der Waals surface area contributed by atoms with Crippen LogP contribution in [0, 0.1) is 0 Å². The molecule has 0 radical (unpaired) electrons. The minimum atomic E-state index is -0.810. The van der Waals surface area contributed by atoms with Crippen molar-refractivity contribution in [1.29, 1.82) is 0 Å². The zero-order valence-corrected chi connectivity index (χ0v) is 20.9. The van der Waals surface area contributed by atoms with Crippen LogP contribution in [-0.2, 0) is 17.4 Å². The SMILES string of the molecule is CC(C)n1c(=O)c2cnc(Nc3ccc4c(c3)CNCC43CC3)nc2n1-c1nc(C(C)(C)CF)co1. The second kappa shape index (κ2) is 7.99. The number of benzene rings is 1. The third kappa shape index (κ3) is 3.54. The van der Waals surface area contributed by atoms with Crippen molar-refractivity contribution in [2.24, 2.45) is 0 Å². The molecular weight excluding hydrogens is 461 g/mol. The monoisotopic (exact) mass is 491 g/mol. The lowest BCUT2D eigenvalue weighted by atomic mass is 9.88. The number of alkyl halides is 1. The van der Waals surface area contributed by atoms with Gasteiger partial charge in [-0.05, 0) is 49.9 Å². The molecule has 0 atom stereocenters. The van der Waals surface area contributed by atoms with Gasteiger partial charge in [-0.25, -0.2) is 9.67 Å². The Morgan fingerprint density at radius 3 is 2.81 bits per heavy atom. The maximum absolute atomic E-state index is 13.6. The van der Waals surface area contributed by atoms with Gasteiger partial charge in [0.2, 0.25) is 5.95 Å². The molecule has 1 aliphatic heterocycles. The molecule has 0 amide bonds. The maximum Gasteiger partial charge on any atom is 0.323 e. The molecule has 1 aliphatic carbocycles. The van der Waals surface area contributed by atoms with Crippen LogP contribution in [0.15, 0.2) is 39.9 Å². The predicted octanol–water partition coefficient (Wildman–Crippen LogP) is 4.28. The number of oxazole rings is 1. The van der Waals surface area contributed by atoms with E-state index in [2.05, 4.69) is 43.8 Å². The Morgan fingerprint density at radius 2 is 2.08 bits per heavy atom. The van der Waals surface area contributed by atoms with Crippen molar-refractivity contribution in [1.82, 2.24) is 29.6 Å². The van der Waals surface area contributed by atoms with Gasteiger partial charge >= 0.3 is 6.01 Å². The number of fused-ring (bicyclic) bond motifs is 3. The van der Waals surface area contributed by atoms with Crippen LogP contribution in [0.5, 0.6) is 0 Å². The Morgan fingerprint density at radius 1 is 1.28 bits per heavy atom. The second-order valence-electron chi connectivity index (χ2n) is 10.9. The standard InChI is InChI=1S/C26H30FN7O2/c1-15(2)33-22(35)18-11-29-23(30-17-5-6-19-16(9-17)10-28-14-26(19)7-8-26)32-21(18)34(33)24-31-20(12-36-24)25(3,4)13-27/h5-6,9,11-12,15,28H,7-8,10,13-14H2,1-4H3,(H,29,30,32). The summed E-state index contributed by atoms with van der Waals surface area (Å²) in [6.45, 7) is 8.59. The molecule has 36 heavy (non-hydrogen) atoms. The second-order valence-corrected chi connectivity index (χ2v) is 10.9. The highest BCUT2D eigenvalue weighted by molar-refractivity contribution is 5.76. The Kier molecular flexibility index (Phi) is 5.08. The minimum absolute atomic E-state index is 0.159. The van der Waals surface area contributed by atoms with Crippen molar-refractivity contribution in [2.45, 2.75) is 64.0 Å². The van der Waals surface area contributed by atoms with Gasteiger partial charge in [-0.1, -0.05) is 19.9 Å². The largest absolute Gasteiger partial charge is 0.430 e. The van der Waals surface area contributed by atoms with E-state index < -0.39 is 12.1 Å². The van der Waals surface area contributed by atoms with E-state index in [-0.39, 0.29) is 17.6 Å². The van der Waals surface area contributed by atoms with E-state index in [0.29, 0.717) is 28.1 Å². The molecule has 1 aromatic carbocycles. The summed E-state index contributed by atoms with van der Waals surface area (Å²) in [5.74, 6) is 0.359. The molecule has 188 valence electrons. The van der Waals surface area contributed by atoms with Crippen LogP contribution in [0.3, 0.4) is 0 Å². The van der Waals surface area contributed by atoms with Crippen molar-refractivity contribution in [3.8, 4) is 6.01 Å². The molecule has 2 N–H and O–H groups in total. The first-order valence-corrected chi connectivity index (χ1v) is 12.4. The Hall–Kier alpha value is -3.53. The molecule has 0 saturated heterocycles. The molecule has 2 aliphatic rings. The number of nitrogens with zero attached hydrogens (tertiary/aromatic N) is 5. The third-order valence-electron chi connectivity index (χ3n) is 7.38. The Labute approximate surface area is 207 Å². The molecule has 3 aromatic heterocycles. The van der Waals surface area contributed by atoms with Gasteiger partial charge in [0.25, 0.3) is 5.56 Å². The molecule has 4 aromatic rings. The predicted molar refractivity (Wildman–Crippen MR) is 135 cm³/mol. The summed E-state index contributed by atoms with van der Waals surface area (Å²) in [5.41, 5.74) is 3.69. The van der Waals surface area contributed by atoms with Crippen molar-refractivity contribution in [3.63, 3.8) is 0 Å². The number of aromatic nitrogens is 5. The molecule has 4 heterocycles. The zero-order chi connectivity index (χ0) is 25.2. The van der Waals surface area contributed by atoms with Crippen LogP contribution in [0.1, 0.15) is 63.4 Å². The van der Waals surface area contributed by atoms with E-state index in [1.807, 2.05) is 13.8 Å². The lowest BCUT2D eigenvalue weighted by Gasteiger charge is -2.26. The first-order valence-electron chi connectivity index (χ1n) is 12.4. The van der Waals surface area contributed by atoms with Gasteiger partial charge in [0, 0.05) is 41.8 Å².